The fourth-order valence-corrected chi connectivity index (χ4v) is 2.24. The minimum absolute atomic E-state index is 0.0575. The fraction of sp³-hybridized carbons (Fsp3) is 0.308. The van der Waals surface area contributed by atoms with Crippen LogP contribution < -0.4 is 4.74 Å². The van der Waals surface area contributed by atoms with E-state index in [1.807, 2.05) is 6.92 Å². The van der Waals surface area contributed by atoms with Crippen LogP contribution in [0.1, 0.15) is 24.3 Å². The van der Waals surface area contributed by atoms with Crippen LogP contribution in [-0.4, -0.2) is 22.0 Å². The van der Waals surface area contributed by atoms with E-state index >= 15 is 0 Å². The number of hydrogen-bond acceptors (Lipinski definition) is 3. The van der Waals surface area contributed by atoms with Crippen molar-refractivity contribution in [1.29, 1.82) is 0 Å². The molecule has 0 bridgehead atoms. The molecule has 2 rings (SSSR count). The van der Waals surface area contributed by atoms with Gasteiger partial charge in [-0.3, -0.25) is 4.68 Å². The maximum Gasteiger partial charge on any atom is 0.133 e. The highest BCUT2D eigenvalue weighted by Gasteiger charge is 2.25. The van der Waals surface area contributed by atoms with Crippen LogP contribution >= 0.6 is 11.6 Å². The first-order valence-electron chi connectivity index (χ1n) is 5.81. The summed E-state index contributed by atoms with van der Waals surface area (Å²) in [6, 6.07) is 4.37. The SMILES string of the molecule is CCn1ncc(Cl)c1C(O)c1c(F)cccc1OC. The Kier molecular flexibility index (Phi) is 4.07. The van der Waals surface area contributed by atoms with Crippen molar-refractivity contribution in [1.82, 2.24) is 9.78 Å². The Hall–Kier alpha value is -1.59. The molecular formula is C13H14ClFN2O2. The topological polar surface area (TPSA) is 47.3 Å². The van der Waals surface area contributed by atoms with Gasteiger partial charge in [0, 0.05) is 6.54 Å². The van der Waals surface area contributed by atoms with Crippen molar-refractivity contribution in [2.75, 3.05) is 7.11 Å². The Morgan fingerprint density at radius 1 is 1.53 bits per heavy atom. The van der Waals surface area contributed by atoms with Crippen LogP contribution in [0.3, 0.4) is 0 Å². The largest absolute Gasteiger partial charge is 0.496 e. The molecule has 0 aliphatic heterocycles. The number of halogens is 2. The Balaban J connectivity index is 2.55. The predicted molar refractivity (Wildman–Crippen MR) is 69.9 cm³/mol. The molecule has 1 unspecified atom stereocenters. The summed E-state index contributed by atoms with van der Waals surface area (Å²) in [6.07, 6.45) is 0.197. The normalized spacial score (nSPS) is 12.5. The van der Waals surface area contributed by atoms with E-state index in [1.54, 1.807) is 6.07 Å². The molecule has 0 amide bonds. The Morgan fingerprint density at radius 2 is 2.26 bits per heavy atom. The number of benzene rings is 1. The highest BCUT2D eigenvalue weighted by molar-refractivity contribution is 6.31. The molecular weight excluding hydrogens is 271 g/mol. The quantitative estimate of drug-likeness (QED) is 0.939. The van der Waals surface area contributed by atoms with E-state index in [2.05, 4.69) is 5.10 Å². The summed E-state index contributed by atoms with van der Waals surface area (Å²) in [5, 5.41) is 14.7. The molecule has 0 aliphatic rings. The van der Waals surface area contributed by atoms with Crippen LogP contribution in [-0.2, 0) is 6.54 Å². The van der Waals surface area contributed by atoms with Crippen molar-refractivity contribution >= 4 is 11.6 Å². The number of nitrogens with zero attached hydrogens (tertiary/aromatic N) is 2. The fourth-order valence-electron chi connectivity index (χ4n) is 1.99. The lowest BCUT2D eigenvalue weighted by molar-refractivity contribution is 0.197. The van der Waals surface area contributed by atoms with Crippen LogP contribution in [0.15, 0.2) is 24.4 Å². The zero-order valence-corrected chi connectivity index (χ0v) is 11.4. The third-order valence-corrected chi connectivity index (χ3v) is 3.19. The molecule has 0 aliphatic carbocycles. The van der Waals surface area contributed by atoms with Crippen molar-refractivity contribution in [2.24, 2.45) is 0 Å². The second kappa shape index (κ2) is 5.59. The van der Waals surface area contributed by atoms with Gasteiger partial charge in [0.25, 0.3) is 0 Å². The minimum Gasteiger partial charge on any atom is -0.496 e. The van der Waals surface area contributed by atoms with Crippen molar-refractivity contribution in [3.63, 3.8) is 0 Å². The van der Waals surface area contributed by atoms with Gasteiger partial charge < -0.3 is 9.84 Å². The van der Waals surface area contributed by atoms with E-state index in [1.165, 1.54) is 30.1 Å². The molecule has 0 radical (unpaired) electrons. The van der Waals surface area contributed by atoms with Crippen molar-refractivity contribution in [3.8, 4) is 5.75 Å². The summed E-state index contributed by atoms with van der Waals surface area (Å²) in [7, 11) is 1.42. The third-order valence-electron chi connectivity index (χ3n) is 2.90. The monoisotopic (exact) mass is 284 g/mol. The summed E-state index contributed by atoms with van der Waals surface area (Å²) >= 11 is 6.01. The predicted octanol–water partition coefficient (Wildman–Crippen LogP) is 2.79. The van der Waals surface area contributed by atoms with E-state index in [4.69, 9.17) is 16.3 Å². The second-order valence-electron chi connectivity index (χ2n) is 3.95. The van der Waals surface area contributed by atoms with Crippen LogP contribution in [0, 0.1) is 5.82 Å². The standard InChI is InChI=1S/C13H14ClFN2O2/c1-3-17-12(8(14)7-16-17)13(18)11-9(15)5-4-6-10(11)19-2/h4-7,13,18H,3H2,1-2H3. The molecule has 0 saturated carbocycles. The van der Waals surface area contributed by atoms with Gasteiger partial charge >= 0.3 is 0 Å². The van der Waals surface area contributed by atoms with E-state index in [0.29, 0.717) is 17.3 Å². The third kappa shape index (κ3) is 2.43. The van der Waals surface area contributed by atoms with E-state index in [-0.39, 0.29) is 11.3 Å². The zero-order valence-electron chi connectivity index (χ0n) is 10.6. The number of aliphatic hydroxyl groups is 1. The maximum atomic E-state index is 13.9. The number of hydrogen-bond donors (Lipinski definition) is 1. The van der Waals surface area contributed by atoms with Crippen molar-refractivity contribution in [3.05, 3.63) is 46.5 Å². The number of ether oxygens (including phenoxy) is 1. The van der Waals surface area contributed by atoms with E-state index in [9.17, 15) is 9.50 Å². The molecule has 1 aromatic carbocycles. The summed E-state index contributed by atoms with van der Waals surface area (Å²) in [6.45, 7) is 2.38. The molecule has 1 heterocycles. The summed E-state index contributed by atoms with van der Waals surface area (Å²) in [4.78, 5) is 0. The molecule has 19 heavy (non-hydrogen) atoms. The van der Waals surface area contributed by atoms with Crippen molar-refractivity contribution < 1.29 is 14.2 Å². The maximum absolute atomic E-state index is 13.9. The van der Waals surface area contributed by atoms with Gasteiger partial charge in [0.05, 0.1) is 29.6 Å². The number of methoxy groups -OCH3 is 1. The Labute approximate surface area is 115 Å². The second-order valence-corrected chi connectivity index (χ2v) is 4.36. The van der Waals surface area contributed by atoms with Gasteiger partial charge in [-0.1, -0.05) is 17.7 Å². The highest BCUT2D eigenvalue weighted by atomic mass is 35.5. The van der Waals surface area contributed by atoms with Gasteiger partial charge in [0.15, 0.2) is 0 Å². The first kappa shape index (κ1) is 13.8. The van der Waals surface area contributed by atoms with E-state index in [0.717, 1.165) is 0 Å². The molecule has 1 aromatic heterocycles. The van der Waals surface area contributed by atoms with Gasteiger partial charge in [-0.05, 0) is 19.1 Å². The van der Waals surface area contributed by atoms with Crippen LogP contribution in [0.4, 0.5) is 4.39 Å². The van der Waals surface area contributed by atoms with Gasteiger partial charge in [-0.2, -0.15) is 5.10 Å². The smallest absolute Gasteiger partial charge is 0.133 e. The molecule has 1 atom stereocenters. The van der Waals surface area contributed by atoms with Gasteiger partial charge in [-0.15, -0.1) is 0 Å². The number of aryl methyl sites for hydroxylation is 1. The van der Waals surface area contributed by atoms with E-state index < -0.39 is 11.9 Å². The van der Waals surface area contributed by atoms with Gasteiger partial charge in [-0.25, -0.2) is 4.39 Å². The molecule has 4 nitrogen and oxygen atoms in total. The number of aliphatic hydroxyl groups excluding tert-OH is 1. The summed E-state index contributed by atoms with van der Waals surface area (Å²) in [5.41, 5.74) is 0.412. The lowest BCUT2D eigenvalue weighted by atomic mass is 10.0. The molecule has 0 spiro atoms. The summed E-state index contributed by atoms with van der Waals surface area (Å²) in [5.74, 6) is -0.279. The summed E-state index contributed by atoms with van der Waals surface area (Å²) < 4.78 is 20.5. The molecule has 0 fully saturated rings. The number of rotatable bonds is 4. The lowest BCUT2D eigenvalue weighted by Crippen LogP contribution is -2.12. The first-order chi connectivity index (χ1) is 9.10. The zero-order chi connectivity index (χ0) is 14.0. The Morgan fingerprint density at radius 3 is 2.89 bits per heavy atom. The van der Waals surface area contributed by atoms with Gasteiger partial charge in [0.2, 0.25) is 0 Å². The number of aromatic nitrogens is 2. The molecule has 102 valence electrons. The van der Waals surface area contributed by atoms with Gasteiger partial charge in [0.1, 0.15) is 17.7 Å². The van der Waals surface area contributed by atoms with Crippen molar-refractivity contribution in [2.45, 2.75) is 19.6 Å². The first-order valence-corrected chi connectivity index (χ1v) is 6.19. The van der Waals surface area contributed by atoms with Crippen LogP contribution in [0.2, 0.25) is 5.02 Å². The highest BCUT2D eigenvalue weighted by Crippen LogP contribution is 2.35. The average molecular weight is 285 g/mol. The molecule has 2 aromatic rings. The van der Waals surface area contributed by atoms with Crippen LogP contribution in [0.25, 0.3) is 0 Å². The molecule has 0 saturated heterocycles. The van der Waals surface area contributed by atoms with Crippen LogP contribution in [0.5, 0.6) is 5.75 Å². The molecule has 1 N–H and O–H groups in total. The average Bonchev–Trinajstić information content (AvgIpc) is 2.78. The lowest BCUT2D eigenvalue weighted by Gasteiger charge is -2.17. The molecule has 6 heteroatoms. The Bertz CT molecular complexity index is 586. The minimum atomic E-state index is -1.23.